The lowest BCUT2D eigenvalue weighted by Crippen LogP contribution is -0.576. The molecule has 0 fully saturated rings. The van der Waals surface area contributed by atoms with E-state index in [-0.39, 0.29) is 0 Å². The molecule has 0 radical (unpaired) electrons. The number of rotatable bonds is 0. The van der Waals surface area contributed by atoms with Gasteiger partial charge in [0.15, 0.2) is 0 Å². The fourth-order valence-electron chi connectivity index (χ4n) is 0. The van der Waals surface area contributed by atoms with Crippen LogP contribution in [0.2, 0.25) is 0 Å². The summed E-state index contributed by atoms with van der Waals surface area (Å²) in [6.07, 6.45) is 8.00. The van der Waals surface area contributed by atoms with Crippen LogP contribution in [0.5, 0.6) is 0 Å². The van der Waals surface area contributed by atoms with Crippen molar-refractivity contribution in [3.05, 3.63) is 26.3 Å². The summed E-state index contributed by atoms with van der Waals surface area (Å²) >= 11 is 0. The van der Waals surface area contributed by atoms with Crippen molar-refractivity contribution in [2.45, 2.75) is 0 Å². The molecule has 0 heterocycles. The third-order valence-electron chi connectivity index (χ3n) is 0. The minimum atomic E-state index is 3.00. The van der Waals surface area contributed by atoms with Crippen molar-refractivity contribution >= 4 is 0 Å². The molecule has 0 heteroatoms. The molecule has 0 N–H and O–H groups in total. The molecule has 0 atom stereocenters. The van der Waals surface area contributed by atoms with Crippen LogP contribution < -0.4 is 0 Å². The Balaban J connectivity index is -0.0000000225. The Morgan fingerprint density at radius 1 is 0.667 bits per heavy atom. The largest absolute Gasteiger partial charge is 0.124 e. The Morgan fingerprint density at radius 3 is 0.667 bits per heavy atom. The van der Waals surface area contributed by atoms with Gasteiger partial charge in [0.25, 0.3) is 0 Å². The van der Waals surface area contributed by atoms with Crippen molar-refractivity contribution in [1.82, 2.24) is 0 Å². The highest BCUT2D eigenvalue weighted by atomic mass is 12.7. The first-order valence-electron chi connectivity index (χ1n) is 1.33. The molecule has 0 aliphatic rings. The summed E-state index contributed by atoms with van der Waals surface area (Å²) in [7, 11) is 0. The lowest BCUT2D eigenvalue weighted by atomic mass is 11.3. The lowest BCUT2D eigenvalue weighted by Gasteiger charge is -0.813. The van der Waals surface area contributed by atoms with Crippen LogP contribution in [0, 0.1) is 12.8 Å². The fourth-order valence-corrected chi connectivity index (χ4v) is 0. The predicted molar refractivity (Wildman–Crippen MR) is 32.4 cm³/mol. The molecule has 0 aromatic carbocycles. The van der Waals surface area contributed by atoms with Gasteiger partial charge in [-0.05, 0) is 0 Å². The number of terminal acetylenes is 1. The second-order valence-electron chi connectivity index (χ2n) is 0. The molecule has 0 aromatic heterocycles. The Kier molecular flexibility index (Phi) is 133. The van der Waals surface area contributed by atoms with Crippen molar-refractivity contribution in [3.63, 3.8) is 0 Å². The highest BCUT2D eigenvalue weighted by molar-refractivity contribution is 4.47. The van der Waals surface area contributed by atoms with Crippen LogP contribution in [0.25, 0.3) is 0 Å². The molecule has 6 heavy (non-hydrogen) atoms. The molecule has 0 aliphatic heterocycles. The summed E-state index contributed by atoms with van der Waals surface area (Å²) in [5.41, 5.74) is 0. The molecule has 0 unspecified atom stereocenters. The van der Waals surface area contributed by atoms with Gasteiger partial charge in [-0.2, -0.15) is 0 Å². The van der Waals surface area contributed by atoms with Crippen molar-refractivity contribution < 1.29 is 0 Å². The van der Waals surface area contributed by atoms with E-state index in [1.807, 2.05) is 0 Å². The van der Waals surface area contributed by atoms with E-state index in [1.54, 1.807) is 0 Å². The van der Waals surface area contributed by atoms with Crippen molar-refractivity contribution in [3.8, 4) is 12.8 Å². The zero-order valence-electron chi connectivity index (χ0n) is 3.98. The highest BCUT2D eigenvalue weighted by Gasteiger charge is 0.603. The summed E-state index contributed by atoms with van der Waals surface area (Å²) in [6.45, 7) is 12.0. The molecule has 0 aromatic rings. The third-order valence-corrected chi connectivity index (χ3v) is 0. The zero-order chi connectivity index (χ0) is 6.00. The van der Waals surface area contributed by atoms with E-state index in [0.29, 0.717) is 0 Å². The monoisotopic (exact) mass is 82.1 g/mol. The first kappa shape index (κ1) is 19.8. The van der Waals surface area contributed by atoms with Crippen LogP contribution in [-0.4, -0.2) is 0 Å². The quantitative estimate of drug-likeness (QED) is 0.309. The van der Waals surface area contributed by atoms with Crippen LogP contribution in [0.4, 0.5) is 0 Å². The van der Waals surface area contributed by atoms with E-state index >= 15 is 0 Å². The Morgan fingerprint density at radius 2 is 0.667 bits per heavy atom. The first-order valence-corrected chi connectivity index (χ1v) is 1.33. The molecule has 0 bridgehead atoms. The van der Waals surface area contributed by atoms with Gasteiger partial charge >= 0.3 is 0 Å². The van der Waals surface area contributed by atoms with Gasteiger partial charge in [0.1, 0.15) is 0 Å². The molecule has 0 saturated heterocycles. The fraction of sp³-hybridized carbons (Fsp3) is 0. The van der Waals surface area contributed by atoms with Crippen molar-refractivity contribution in [1.29, 1.82) is 0 Å². The summed E-state index contributed by atoms with van der Waals surface area (Å²) in [5, 5.41) is 0. The van der Waals surface area contributed by atoms with Crippen LogP contribution in [0.15, 0.2) is 26.3 Å². The molecule has 0 nitrogen and oxygen atoms in total. The first-order chi connectivity index (χ1) is 3.00. The molecule has 0 spiro atoms. The minimum absolute atomic E-state index is 3.00. The van der Waals surface area contributed by atoms with Crippen LogP contribution in [-0.2, 0) is 0 Å². The number of hydrogen-bond acceptors (Lipinski definition) is 0. The van der Waals surface area contributed by atoms with Gasteiger partial charge in [0.2, 0.25) is 0 Å². The van der Waals surface area contributed by atoms with Crippen LogP contribution in [0.1, 0.15) is 0 Å². The maximum absolute atomic E-state index is 4.00. The molecule has 0 rings (SSSR count). The SMILES string of the molecule is C#C.C=C.C=C. The standard InChI is InChI=1S/2C2H4.C2H2/c3*1-2/h2*1-2H2;1-2H. The molecule has 0 saturated carbocycles. The lowest BCUT2D eigenvalue weighted by molar-refractivity contribution is 2.81. The van der Waals surface area contributed by atoms with Gasteiger partial charge in [-0.1, -0.05) is 0 Å². The summed E-state index contributed by atoms with van der Waals surface area (Å²) < 4.78 is 0. The Bertz CT molecular complexity index is 16.5. The molecular weight excluding hydrogens is 72.1 g/mol. The van der Waals surface area contributed by atoms with Crippen molar-refractivity contribution in [2.75, 3.05) is 0 Å². The topological polar surface area (TPSA) is 0 Å². The van der Waals surface area contributed by atoms with E-state index in [2.05, 4.69) is 39.2 Å². The molecule has 0 amide bonds. The molecular formula is C6H10. The van der Waals surface area contributed by atoms with Crippen molar-refractivity contribution in [2.24, 2.45) is 0 Å². The normalized spacial score (nSPS) is 1.67. The van der Waals surface area contributed by atoms with Gasteiger partial charge in [-0.25, -0.2) is 0 Å². The van der Waals surface area contributed by atoms with Gasteiger partial charge in [-0.15, -0.1) is 39.2 Å². The Hall–Kier alpha value is -0.960. The zero-order valence-corrected chi connectivity index (χ0v) is 3.98. The Labute approximate surface area is 40.2 Å². The van der Waals surface area contributed by atoms with Crippen LogP contribution >= 0.6 is 0 Å². The second kappa shape index (κ2) is 40.5. The van der Waals surface area contributed by atoms with E-state index in [0.717, 1.165) is 0 Å². The maximum Gasteiger partial charge on any atom is -0.106 e. The smallest absolute Gasteiger partial charge is 0.106 e. The van der Waals surface area contributed by atoms with Gasteiger partial charge in [0.05, 0.1) is 0 Å². The number of hydrogen-bond donors (Lipinski definition) is 0. The highest BCUT2D eigenvalue weighted by Crippen LogP contribution is 0.864. The third kappa shape index (κ3) is 13.7. The molecule has 34 valence electrons. The van der Waals surface area contributed by atoms with E-state index < -0.39 is 0 Å². The van der Waals surface area contributed by atoms with E-state index in [1.165, 1.54) is 0 Å². The summed E-state index contributed by atoms with van der Waals surface area (Å²) in [4.78, 5) is 0. The van der Waals surface area contributed by atoms with E-state index in [9.17, 15) is 0 Å². The molecule has 0 aliphatic carbocycles. The maximum atomic E-state index is 4.00. The minimum Gasteiger partial charge on any atom is -0.124 e. The van der Waals surface area contributed by atoms with Gasteiger partial charge in [0, 0.05) is 0 Å². The summed E-state index contributed by atoms with van der Waals surface area (Å²) in [5.74, 6) is 0. The van der Waals surface area contributed by atoms with Gasteiger partial charge in [-0.3, -0.25) is 0 Å². The van der Waals surface area contributed by atoms with E-state index in [4.69, 9.17) is 0 Å². The van der Waals surface area contributed by atoms with Gasteiger partial charge < -0.3 is 0 Å². The second-order valence-corrected chi connectivity index (χ2v) is 0. The average molecular weight is 82.1 g/mol. The summed E-state index contributed by atoms with van der Waals surface area (Å²) in [6, 6.07) is 0. The van der Waals surface area contributed by atoms with Crippen LogP contribution in [0.3, 0.4) is 0 Å². The average Bonchev–Trinajstić information content (AvgIpc) is 1.81. The predicted octanol–water partition coefficient (Wildman–Crippen LogP) is 1.85.